The number of ketones is 1. The van der Waals surface area contributed by atoms with E-state index in [2.05, 4.69) is 21.9 Å². The predicted molar refractivity (Wildman–Crippen MR) is 107 cm³/mol. The van der Waals surface area contributed by atoms with Crippen LogP contribution >= 0.6 is 0 Å². The summed E-state index contributed by atoms with van der Waals surface area (Å²) in [5, 5.41) is 3.71. The molecule has 1 aliphatic carbocycles. The van der Waals surface area contributed by atoms with Crippen LogP contribution in [0.1, 0.15) is 12.0 Å². The summed E-state index contributed by atoms with van der Waals surface area (Å²) in [4.78, 5) is 30.9. The summed E-state index contributed by atoms with van der Waals surface area (Å²) in [6.07, 6.45) is 10.8. The van der Waals surface area contributed by atoms with Crippen molar-refractivity contribution >= 4 is 34.0 Å². The first-order valence-electron chi connectivity index (χ1n) is 8.56. The van der Waals surface area contributed by atoms with Gasteiger partial charge in [-0.3, -0.25) is 9.59 Å². The number of carbonyl (C=O) groups is 2. The van der Waals surface area contributed by atoms with Gasteiger partial charge in [0.2, 0.25) is 5.91 Å². The van der Waals surface area contributed by atoms with Gasteiger partial charge in [0.05, 0.1) is 0 Å². The van der Waals surface area contributed by atoms with Crippen LogP contribution in [0, 0.1) is 0 Å². The second kappa shape index (κ2) is 6.88. The van der Waals surface area contributed by atoms with E-state index in [4.69, 9.17) is 0 Å². The van der Waals surface area contributed by atoms with Gasteiger partial charge < -0.3 is 10.3 Å². The van der Waals surface area contributed by atoms with Gasteiger partial charge in [0, 0.05) is 41.0 Å². The van der Waals surface area contributed by atoms with Crippen molar-refractivity contribution in [1.82, 2.24) is 9.97 Å². The second-order valence-corrected chi connectivity index (χ2v) is 6.27. The maximum Gasteiger partial charge on any atom is 0.247 e. The smallest absolute Gasteiger partial charge is 0.247 e. The molecule has 1 aliphatic rings. The molecule has 0 aliphatic heterocycles. The van der Waals surface area contributed by atoms with Crippen molar-refractivity contribution in [1.29, 1.82) is 0 Å². The minimum Gasteiger partial charge on any atom is -0.346 e. The summed E-state index contributed by atoms with van der Waals surface area (Å²) in [6, 6.07) is 9.58. The minimum absolute atomic E-state index is 0.0941. The van der Waals surface area contributed by atoms with E-state index in [1.165, 1.54) is 6.08 Å². The first-order valence-corrected chi connectivity index (χ1v) is 8.56. The topological polar surface area (TPSA) is 74.8 Å². The molecule has 0 saturated heterocycles. The van der Waals surface area contributed by atoms with E-state index < -0.39 is 0 Å². The third kappa shape index (κ3) is 3.35. The highest BCUT2D eigenvalue weighted by molar-refractivity contribution is 6.06. The van der Waals surface area contributed by atoms with E-state index in [0.717, 1.165) is 33.3 Å². The summed E-state index contributed by atoms with van der Waals surface area (Å²) in [6.45, 7) is 3.46. The molecule has 4 rings (SSSR count). The molecular weight excluding hydrogens is 338 g/mol. The molecule has 5 heteroatoms. The van der Waals surface area contributed by atoms with Crippen LogP contribution < -0.4 is 5.32 Å². The van der Waals surface area contributed by atoms with Crippen molar-refractivity contribution in [2.24, 2.45) is 0 Å². The number of aromatic nitrogens is 2. The molecule has 1 amide bonds. The number of hydrogen-bond donors (Lipinski definition) is 2. The van der Waals surface area contributed by atoms with E-state index in [0.29, 0.717) is 12.1 Å². The van der Waals surface area contributed by atoms with Gasteiger partial charge in [-0.15, -0.1) is 0 Å². The van der Waals surface area contributed by atoms with Crippen LogP contribution in [0.25, 0.3) is 27.7 Å². The van der Waals surface area contributed by atoms with Crippen LogP contribution in [0.5, 0.6) is 0 Å². The number of rotatable bonds is 4. The van der Waals surface area contributed by atoms with Gasteiger partial charge in [0.1, 0.15) is 5.65 Å². The Morgan fingerprint density at radius 2 is 2.15 bits per heavy atom. The fourth-order valence-corrected chi connectivity index (χ4v) is 3.12. The van der Waals surface area contributed by atoms with Crippen LogP contribution in [0.4, 0.5) is 5.69 Å². The number of carbonyl (C=O) groups excluding carboxylic acids is 2. The average molecular weight is 355 g/mol. The third-order valence-electron chi connectivity index (χ3n) is 4.42. The van der Waals surface area contributed by atoms with E-state index in [9.17, 15) is 9.59 Å². The molecular formula is C22H17N3O2. The molecule has 0 unspecified atom stereocenters. The van der Waals surface area contributed by atoms with Gasteiger partial charge in [-0.05, 0) is 41.5 Å². The molecule has 2 aromatic heterocycles. The van der Waals surface area contributed by atoms with Gasteiger partial charge in [-0.2, -0.15) is 0 Å². The van der Waals surface area contributed by atoms with Crippen molar-refractivity contribution in [3.05, 3.63) is 79.2 Å². The maximum atomic E-state index is 11.7. The first kappa shape index (κ1) is 16.7. The highest BCUT2D eigenvalue weighted by atomic mass is 16.1. The van der Waals surface area contributed by atoms with E-state index in [1.54, 1.807) is 12.3 Å². The Bertz CT molecular complexity index is 1140. The number of anilines is 1. The molecule has 2 heterocycles. The zero-order chi connectivity index (χ0) is 18.8. The summed E-state index contributed by atoms with van der Waals surface area (Å²) in [7, 11) is 0. The number of amides is 1. The van der Waals surface area contributed by atoms with Crippen LogP contribution in [-0.4, -0.2) is 21.7 Å². The molecule has 2 N–H and O–H groups in total. The molecule has 27 heavy (non-hydrogen) atoms. The van der Waals surface area contributed by atoms with Crippen molar-refractivity contribution < 1.29 is 9.59 Å². The molecule has 0 saturated carbocycles. The molecule has 132 valence electrons. The van der Waals surface area contributed by atoms with E-state index in [-0.39, 0.29) is 11.7 Å². The SMILES string of the molecule is C=CC(=O)Nc1cccc(-c2cnc3[nH]cc(C4=CC(=O)CC=C4)c3c2)c1. The lowest BCUT2D eigenvalue weighted by molar-refractivity contribution is -0.114. The lowest BCUT2D eigenvalue weighted by atomic mass is 9.98. The lowest BCUT2D eigenvalue weighted by Gasteiger charge is -2.08. The Morgan fingerprint density at radius 1 is 1.26 bits per heavy atom. The maximum absolute atomic E-state index is 11.7. The first-order chi connectivity index (χ1) is 13.1. The number of allylic oxidation sites excluding steroid dienone is 4. The van der Waals surface area contributed by atoms with E-state index in [1.807, 2.05) is 48.7 Å². The fourth-order valence-electron chi connectivity index (χ4n) is 3.12. The Morgan fingerprint density at radius 3 is 2.96 bits per heavy atom. The second-order valence-electron chi connectivity index (χ2n) is 6.27. The average Bonchev–Trinajstić information content (AvgIpc) is 3.11. The van der Waals surface area contributed by atoms with Crippen molar-refractivity contribution in [2.75, 3.05) is 5.32 Å². The number of fused-ring (bicyclic) bond motifs is 1. The normalized spacial score (nSPS) is 13.5. The van der Waals surface area contributed by atoms with Gasteiger partial charge in [0.15, 0.2) is 5.78 Å². The molecule has 0 bridgehead atoms. The zero-order valence-corrected chi connectivity index (χ0v) is 14.5. The molecule has 0 radical (unpaired) electrons. The van der Waals surface area contributed by atoms with Crippen LogP contribution in [0.2, 0.25) is 0 Å². The summed E-state index contributed by atoms with van der Waals surface area (Å²) >= 11 is 0. The highest BCUT2D eigenvalue weighted by Gasteiger charge is 2.13. The summed E-state index contributed by atoms with van der Waals surface area (Å²) < 4.78 is 0. The van der Waals surface area contributed by atoms with Crippen LogP contribution in [0.3, 0.4) is 0 Å². The predicted octanol–water partition coefficient (Wildman–Crippen LogP) is 4.27. The molecule has 0 spiro atoms. The van der Waals surface area contributed by atoms with Gasteiger partial charge in [0.25, 0.3) is 0 Å². The summed E-state index contributed by atoms with van der Waals surface area (Å²) in [5.74, 6) is -0.161. The standard InChI is InChI=1S/C22H17N3O2/c1-2-21(27)25-17-7-3-5-14(9-17)16-11-19-20(13-24-22(19)23-12-16)15-6-4-8-18(26)10-15/h2-7,9-13H,1,8H2,(H,23,24)(H,25,27). The van der Waals surface area contributed by atoms with Crippen LogP contribution in [0.15, 0.2) is 73.6 Å². The number of nitrogens with zero attached hydrogens (tertiary/aromatic N) is 1. The third-order valence-corrected chi connectivity index (χ3v) is 4.42. The molecule has 0 atom stereocenters. The van der Waals surface area contributed by atoms with Crippen molar-refractivity contribution in [2.45, 2.75) is 6.42 Å². The van der Waals surface area contributed by atoms with E-state index >= 15 is 0 Å². The minimum atomic E-state index is -0.255. The molecule has 5 nitrogen and oxygen atoms in total. The lowest BCUT2D eigenvalue weighted by Crippen LogP contribution is -2.06. The zero-order valence-electron chi connectivity index (χ0n) is 14.5. The van der Waals surface area contributed by atoms with Crippen molar-refractivity contribution in [3.63, 3.8) is 0 Å². The van der Waals surface area contributed by atoms with Gasteiger partial charge in [-0.25, -0.2) is 4.98 Å². The Hall–Kier alpha value is -3.73. The number of benzene rings is 1. The quantitative estimate of drug-likeness (QED) is 0.687. The Labute approximate surface area is 156 Å². The number of pyridine rings is 1. The van der Waals surface area contributed by atoms with Gasteiger partial charge in [-0.1, -0.05) is 30.9 Å². The Kier molecular flexibility index (Phi) is 4.26. The molecule has 1 aromatic carbocycles. The number of nitrogens with one attached hydrogen (secondary N) is 2. The van der Waals surface area contributed by atoms with Crippen molar-refractivity contribution in [3.8, 4) is 11.1 Å². The Balaban J connectivity index is 1.76. The van der Waals surface area contributed by atoms with Crippen LogP contribution in [-0.2, 0) is 9.59 Å². The number of aromatic amines is 1. The van der Waals surface area contributed by atoms with Gasteiger partial charge >= 0.3 is 0 Å². The number of hydrogen-bond acceptors (Lipinski definition) is 3. The summed E-state index contributed by atoms with van der Waals surface area (Å²) in [5.41, 5.74) is 5.13. The molecule has 3 aromatic rings. The number of H-pyrrole nitrogens is 1. The largest absolute Gasteiger partial charge is 0.346 e. The fraction of sp³-hybridized carbons (Fsp3) is 0.0455. The monoisotopic (exact) mass is 355 g/mol. The highest BCUT2D eigenvalue weighted by Crippen LogP contribution is 2.31. The molecule has 0 fully saturated rings.